The van der Waals surface area contributed by atoms with Gasteiger partial charge in [-0.05, 0) is 99.1 Å². The Bertz CT molecular complexity index is 1350. The molecule has 2 aliphatic heterocycles. The molecule has 1 unspecified atom stereocenters. The topological polar surface area (TPSA) is 44.8 Å². The standard InChI is InChI=1S/C33H38F3N3O2/c1-3-33(40)39(26-5-4-14-37-20-26)25-9-6-22(2)28(17-25)24-12-15-38(16-13-24)21-23-7-10-27(11-8-23)41-32-19-30(35)29(34)18-31(32)36/h6-11,17-19,24,26,37H,3-5,12-16,20-21H2,1-2H3. The highest BCUT2D eigenvalue weighted by Crippen LogP contribution is 2.35. The summed E-state index contributed by atoms with van der Waals surface area (Å²) < 4.78 is 46.0. The van der Waals surface area contributed by atoms with Crippen molar-refractivity contribution < 1.29 is 22.7 Å². The molecule has 8 heteroatoms. The van der Waals surface area contributed by atoms with E-state index in [1.807, 2.05) is 24.0 Å². The summed E-state index contributed by atoms with van der Waals surface area (Å²) in [5.74, 6) is -2.74. The number of amides is 1. The summed E-state index contributed by atoms with van der Waals surface area (Å²) in [6.07, 6.45) is 4.67. The third-order valence-electron chi connectivity index (χ3n) is 8.31. The molecule has 0 aromatic heterocycles. The fraction of sp³-hybridized carbons (Fsp3) is 0.424. The Morgan fingerprint density at radius 3 is 2.39 bits per heavy atom. The van der Waals surface area contributed by atoms with Crippen LogP contribution in [-0.4, -0.2) is 43.0 Å². The smallest absolute Gasteiger partial charge is 0.227 e. The van der Waals surface area contributed by atoms with E-state index < -0.39 is 17.5 Å². The number of hydrogen-bond donors (Lipinski definition) is 1. The third-order valence-corrected chi connectivity index (χ3v) is 8.31. The van der Waals surface area contributed by atoms with Crippen molar-refractivity contribution in [1.29, 1.82) is 0 Å². The molecule has 2 fully saturated rings. The molecule has 2 heterocycles. The molecule has 2 saturated heterocycles. The first-order valence-electron chi connectivity index (χ1n) is 14.6. The number of anilines is 1. The van der Waals surface area contributed by atoms with Crippen LogP contribution in [0.2, 0.25) is 0 Å². The molecular formula is C33H38F3N3O2. The van der Waals surface area contributed by atoms with Crippen LogP contribution in [0.5, 0.6) is 11.5 Å². The van der Waals surface area contributed by atoms with Crippen LogP contribution in [0, 0.1) is 24.4 Å². The van der Waals surface area contributed by atoms with Crippen molar-refractivity contribution in [2.45, 2.75) is 64.5 Å². The van der Waals surface area contributed by atoms with Crippen LogP contribution in [0.3, 0.4) is 0 Å². The third kappa shape index (κ3) is 6.93. The Balaban J connectivity index is 1.20. The fourth-order valence-corrected chi connectivity index (χ4v) is 6.03. The first-order valence-corrected chi connectivity index (χ1v) is 14.6. The van der Waals surface area contributed by atoms with Gasteiger partial charge in [0, 0.05) is 43.4 Å². The molecule has 41 heavy (non-hydrogen) atoms. The van der Waals surface area contributed by atoms with Gasteiger partial charge in [-0.3, -0.25) is 9.69 Å². The maximum atomic E-state index is 13.9. The molecule has 2 aliphatic rings. The van der Waals surface area contributed by atoms with E-state index >= 15 is 0 Å². The highest BCUT2D eigenvalue weighted by Gasteiger charge is 2.28. The summed E-state index contributed by atoms with van der Waals surface area (Å²) in [7, 11) is 0. The Morgan fingerprint density at radius 1 is 0.976 bits per heavy atom. The average molecular weight is 566 g/mol. The van der Waals surface area contributed by atoms with E-state index in [0.717, 1.165) is 69.7 Å². The predicted molar refractivity (Wildman–Crippen MR) is 155 cm³/mol. The second kappa shape index (κ2) is 13.1. The molecule has 1 N–H and O–H groups in total. The zero-order chi connectivity index (χ0) is 28.9. The lowest BCUT2D eigenvalue weighted by molar-refractivity contribution is -0.118. The van der Waals surface area contributed by atoms with Crippen molar-refractivity contribution in [2.75, 3.05) is 31.1 Å². The summed E-state index contributed by atoms with van der Waals surface area (Å²) in [5, 5.41) is 3.45. The van der Waals surface area contributed by atoms with Crippen LogP contribution in [0.25, 0.3) is 0 Å². The first-order chi connectivity index (χ1) is 19.8. The quantitative estimate of drug-likeness (QED) is 0.297. The summed E-state index contributed by atoms with van der Waals surface area (Å²) in [6, 6.07) is 15.2. The molecule has 218 valence electrons. The maximum absolute atomic E-state index is 13.9. The number of carbonyl (C=O) groups excluding carboxylic acids is 1. The molecule has 1 amide bonds. The van der Waals surface area contributed by atoms with Crippen molar-refractivity contribution >= 4 is 11.6 Å². The molecule has 5 nitrogen and oxygen atoms in total. The van der Waals surface area contributed by atoms with Gasteiger partial charge in [0.1, 0.15) is 5.75 Å². The number of carbonyl (C=O) groups is 1. The van der Waals surface area contributed by atoms with Crippen LogP contribution < -0.4 is 15.0 Å². The molecule has 0 radical (unpaired) electrons. The molecule has 1 atom stereocenters. The summed E-state index contributed by atoms with van der Waals surface area (Å²) in [5.41, 5.74) is 4.71. The monoisotopic (exact) mass is 565 g/mol. The molecule has 0 bridgehead atoms. The van der Waals surface area contributed by atoms with Gasteiger partial charge in [-0.1, -0.05) is 25.1 Å². The molecule has 3 aromatic rings. The van der Waals surface area contributed by atoms with Gasteiger partial charge in [0.2, 0.25) is 5.91 Å². The van der Waals surface area contributed by atoms with Crippen molar-refractivity contribution in [3.63, 3.8) is 0 Å². The lowest BCUT2D eigenvalue weighted by atomic mass is 9.86. The van der Waals surface area contributed by atoms with E-state index in [-0.39, 0.29) is 17.7 Å². The molecule has 0 spiro atoms. The number of halogens is 3. The lowest BCUT2D eigenvalue weighted by Crippen LogP contribution is -2.49. The van der Waals surface area contributed by atoms with Gasteiger partial charge in [0.25, 0.3) is 0 Å². The summed E-state index contributed by atoms with van der Waals surface area (Å²) in [4.78, 5) is 17.4. The maximum Gasteiger partial charge on any atom is 0.227 e. The normalized spacial score (nSPS) is 18.3. The Morgan fingerprint density at radius 2 is 1.71 bits per heavy atom. The van der Waals surface area contributed by atoms with Gasteiger partial charge in [0.15, 0.2) is 23.2 Å². The number of benzene rings is 3. The number of ether oxygens (including phenoxy) is 1. The van der Waals surface area contributed by atoms with E-state index in [0.29, 0.717) is 30.2 Å². The Kier molecular flexibility index (Phi) is 9.30. The van der Waals surface area contributed by atoms with Gasteiger partial charge in [-0.25, -0.2) is 13.2 Å². The molecule has 0 aliphatic carbocycles. The van der Waals surface area contributed by atoms with Gasteiger partial charge in [0.05, 0.1) is 0 Å². The zero-order valence-corrected chi connectivity index (χ0v) is 23.8. The number of aryl methyl sites for hydroxylation is 1. The second-order valence-corrected chi connectivity index (χ2v) is 11.2. The number of piperidine rings is 2. The fourth-order valence-electron chi connectivity index (χ4n) is 6.03. The number of rotatable bonds is 8. The van der Waals surface area contributed by atoms with Crippen molar-refractivity contribution in [2.24, 2.45) is 0 Å². The van der Waals surface area contributed by atoms with Gasteiger partial charge in [-0.2, -0.15) is 0 Å². The van der Waals surface area contributed by atoms with Crippen molar-refractivity contribution in [1.82, 2.24) is 10.2 Å². The number of nitrogens with one attached hydrogen (secondary N) is 1. The Labute approximate surface area is 240 Å². The number of nitrogens with zero attached hydrogens (tertiary/aromatic N) is 2. The van der Waals surface area contributed by atoms with E-state index in [4.69, 9.17) is 4.74 Å². The minimum Gasteiger partial charge on any atom is -0.454 e. The van der Waals surface area contributed by atoms with Crippen LogP contribution >= 0.6 is 0 Å². The molecule has 3 aromatic carbocycles. The predicted octanol–water partition coefficient (Wildman–Crippen LogP) is 7.08. The highest BCUT2D eigenvalue weighted by molar-refractivity contribution is 5.94. The SMILES string of the molecule is CCC(=O)N(c1ccc(C)c(C2CCN(Cc3ccc(Oc4cc(F)c(F)cc4F)cc3)CC2)c1)C1CCCNC1. The number of hydrogen-bond acceptors (Lipinski definition) is 4. The van der Waals surface area contributed by atoms with Crippen molar-refractivity contribution in [3.05, 3.63) is 88.7 Å². The molecule has 0 saturated carbocycles. The average Bonchev–Trinajstić information content (AvgIpc) is 2.99. The van der Waals surface area contributed by atoms with Crippen molar-refractivity contribution in [3.8, 4) is 11.5 Å². The van der Waals surface area contributed by atoms with Crippen LogP contribution in [0.4, 0.5) is 18.9 Å². The van der Waals surface area contributed by atoms with Crippen LogP contribution in [-0.2, 0) is 11.3 Å². The summed E-state index contributed by atoms with van der Waals surface area (Å²) in [6.45, 7) is 8.63. The number of likely N-dealkylation sites (tertiary alicyclic amines) is 1. The van der Waals surface area contributed by atoms with E-state index in [1.165, 1.54) is 11.1 Å². The Hall–Kier alpha value is -3.36. The molecular weight excluding hydrogens is 527 g/mol. The van der Waals surface area contributed by atoms with E-state index in [1.54, 1.807) is 12.1 Å². The summed E-state index contributed by atoms with van der Waals surface area (Å²) >= 11 is 0. The van der Waals surface area contributed by atoms with Gasteiger partial charge in [-0.15, -0.1) is 0 Å². The zero-order valence-electron chi connectivity index (χ0n) is 23.8. The first kappa shape index (κ1) is 29.1. The van der Waals surface area contributed by atoms with Crippen LogP contribution in [0.1, 0.15) is 61.6 Å². The second-order valence-electron chi connectivity index (χ2n) is 11.2. The largest absolute Gasteiger partial charge is 0.454 e. The minimum atomic E-state index is -1.25. The molecule has 5 rings (SSSR count). The van der Waals surface area contributed by atoms with E-state index in [2.05, 4.69) is 35.3 Å². The minimum absolute atomic E-state index is 0.176. The lowest BCUT2D eigenvalue weighted by Gasteiger charge is -2.36. The van der Waals surface area contributed by atoms with E-state index in [9.17, 15) is 18.0 Å². The van der Waals surface area contributed by atoms with Crippen LogP contribution in [0.15, 0.2) is 54.6 Å². The highest BCUT2D eigenvalue weighted by atomic mass is 19.2. The van der Waals surface area contributed by atoms with Gasteiger partial charge < -0.3 is 15.0 Å². The van der Waals surface area contributed by atoms with Gasteiger partial charge >= 0.3 is 0 Å².